The summed E-state index contributed by atoms with van der Waals surface area (Å²) in [6.07, 6.45) is 0.286. The Morgan fingerprint density at radius 2 is 1.87 bits per heavy atom. The van der Waals surface area contributed by atoms with Gasteiger partial charge >= 0.3 is 0 Å². The number of fused-ring (bicyclic) bond motifs is 2. The Kier molecular flexibility index (Phi) is 8.16. The van der Waals surface area contributed by atoms with Crippen LogP contribution in [0.2, 0.25) is 0 Å². The van der Waals surface area contributed by atoms with Crippen LogP contribution in [0.1, 0.15) is 19.4 Å². The molecule has 0 spiro atoms. The van der Waals surface area contributed by atoms with E-state index in [1.165, 1.54) is 0 Å². The van der Waals surface area contributed by atoms with Gasteiger partial charge in [-0.3, -0.25) is 9.69 Å². The summed E-state index contributed by atoms with van der Waals surface area (Å²) in [6, 6.07) is 11.7. The van der Waals surface area contributed by atoms with Crippen molar-refractivity contribution < 1.29 is 14.3 Å². The lowest BCUT2D eigenvalue weighted by molar-refractivity contribution is -0.118. The van der Waals surface area contributed by atoms with Gasteiger partial charge in [0.25, 0.3) is 0 Å². The van der Waals surface area contributed by atoms with Gasteiger partial charge in [-0.2, -0.15) is 0 Å². The van der Waals surface area contributed by atoms with Gasteiger partial charge in [-0.15, -0.1) is 12.4 Å². The van der Waals surface area contributed by atoms with E-state index in [1.807, 2.05) is 41.3 Å². The molecule has 0 N–H and O–H groups in total. The van der Waals surface area contributed by atoms with Crippen LogP contribution in [-0.2, 0) is 11.2 Å². The van der Waals surface area contributed by atoms with Crippen LogP contribution in [0.25, 0.3) is 10.2 Å². The van der Waals surface area contributed by atoms with Crippen molar-refractivity contribution in [1.82, 2.24) is 9.88 Å². The van der Waals surface area contributed by atoms with Gasteiger partial charge in [0.15, 0.2) is 16.6 Å². The van der Waals surface area contributed by atoms with Crippen LogP contribution in [0.4, 0.5) is 5.13 Å². The van der Waals surface area contributed by atoms with Crippen LogP contribution in [0.5, 0.6) is 11.5 Å². The summed E-state index contributed by atoms with van der Waals surface area (Å²) in [7, 11) is 0. The van der Waals surface area contributed by atoms with E-state index in [2.05, 4.69) is 34.7 Å². The molecule has 4 rings (SSSR count). The number of rotatable bonds is 8. The first kappa shape index (κ1) is 23.8. The molecule has 0 saturated carbocycles. The molecule has 0 bridgehead atoms. The molecule has 9 heteroatoms. The van der Waals surface area contributed by atoms with Crippen molar-refractivity contribution >= 4 is 60.9 Å². The third-order valence-corrected chi connectivity index (χ3v) is 6.73. The number of carbonyl (C=O) groups is 1. The van der Waals surface area contributed by atoms with Crippen molar-refractivity contribution in [2.24, 2.45) is 0 Å². The highest BCUT2D eigenvalue weighted by Gasteiger charge is 2.22. The Labute approximate surface area is 200 Å². The van der Waals surface area contributed by atoms with Crippen LogP contribution < -0.4 is 14.4 Å². The zero-order chi connectivity index (χ0) is 21.1. The first-order valence-corrected chi connectivity index (χ1v) is 11.7. The van der Waals surface area contributed by atoms with Crippen LogP contribution in [0, 0.1) is 0 Å². The summed E-state index contributed by atoms with van der Waals surface area (Å²) < 4.78 is 12.9. The van der Waals surface area contributed by atoms with Crippen LogP contribution in [-0.4, -0.2) is 48.8 Å². The number of hydrogen-bond donors (Lipinski definition) is 0. The van der Waals surface area contributed by atoms with E-state index in [0.717, 1.165) is 50.8 Å². The minimum atomic E-state index is 0. The Morgan fingerprint density at radius 3 is 2.65 bits per heavy atom. The van der Waals surface area contributed by atoms with E-state index in [-0.39, 0.29) is 31.5 Å². The number of aromatic nitrogens is 1. The lowest BCUT2D eigenvalue weighted by atomic mass is 10.1. The Morgan fingerprint density at radius 1 is 1.10 bits per heavy atom. The van der Waals surface area contributed by atoms with Gasteiger partial charge in [-0.25, -0.2) is 4.98 Å². The average Bonchev–Trinajstić information content (AvgIpc) is 3.37. The minimum absolute atomic E-state index is 0. The molecule has 0 fully saturated rings. The fourth-order valence-corrected chi connectivity index (χ4v) is 4.99. The highest BCUT2D eigenvalue weighted by atomic mass is 79.9. The van der Waals surface area contributed by atoms with Gasteiger partial charge in [0.2, 0.25) is 12.7 Å². The zero-order valence-electron chi connectivity index (χ0n) is 17.5. The molecular weight excluding hydrogens is 502 g/mol. The molecule has 0 atom stereocenters. The molecule has 2 heterocycles. The largest absolute Gasteiger partial charge is 0.454 e. The third-order valence-electron chi connectivity index (χ3n) is 5.20. The van der Waals surface area contributed by atoms with Gasteiger partial charge in [0.05, 0.1) is 16.6 Å². The fraction of sp³-hybridized carbons (Fsp3) is 0.364. The topological polar surface area (TPSA) is 54.9 Å². The molecule has 1 aliphatic rings. The van der Waals surface area contributed by atoms with E-state index in [0.29, 0.717) is 12.3 Å². The fourth-order valence-electron chi connectivity index (χ4n) is 3.43. The lowest BCUT2D eigenvalue weighted by Crippen LogP contribution is -2.39. The van der Waals surface area contributed by atoms with Gasteiger partial charge in [0, 0.05) is 17.6 Å². The zero-order valence-corrected chi connectivity index (χ0v) is 20.7. The molecule has 6 nitrogen and oxygen atoms in total. The molecule has 1 amide bonds. The molecule has 0 radical (unpaired) electrons. The number of hydrogen-bond acceptors (Lipinski definition) is 6. The summed E-state index contributed by atoms with van der Waals surface area (Å²) in [6.45, 7) is 7.81. The van der Waals surface area contributed by atoms with E-state index in [1.54, 1.807) is 11.3 Å². The van der Waals surface area contributed by atoms with Crippen molar-refractivity contribution in [2.45, 2.75) is 20.3 Å². The van der Waals surface area contributed by atoms with Crippen molar-refractivity contribution in [1.29, 1.82) is 0 Å². The van der Waals surface area contributed by atoms with Crippen LogP contribution >= 0.6 is 39.7 Å². The summed E-state index contributed by atoms with van der Waals surface area (Å²) in [5.41, 5.74) is 1.81. The lowest BCUT2D eigenvalue weighted by Gasteiger charge is -2.24. The number of likely N-dealkylation sites (N-methyl/N-ethyl adjacent to an activating group) is 1. The highest BCUT2D eigenvalue weighted by Crippen LogP contribution is 2.34. The number of halogens is 2. The van der Waals surface area contributed by atoms with Crippen molar-refractivity contribution in [2.75, 3.05) is 37.9 Å². The second-order valence-electron chi connectivity index (χ2n) is 7.05. The third kappa shape index (κ3) is 5.49. The summed E-state index contributed by atoms with van der Waals surface area (Å²) >= 11 is 5.06. The van der Waals surface area contributed by atoms with Gasteiger partial charge < -0.3 is 14.4 Å². The Balaban J connectivity index is 0.00000272. The first-order valence-electron chi connectivity index (χ1n) is 10.0. The van der Waals surface area contributed by atoms with Gasteiger partial charge in [-0.05, 0) is 49.0 Å². The van der Waals surface area contributed by atoms with E-state index >= 15 is 0 Å². The van der Waals surface area contributed by atoms with Gasteiger partial charge in [0.1, 0.15) is 0 Å². The molecule has 166 valence electrons. The molecule has 0 aliphatic carbocycles. The normalized spacial score (nSPS) is 12.3. The molecule has 0 saturated heterocycles. The van der Waals surface area contributed by atoms with Crippen LogP contribution in [0.15, 0.2) is 40.9 Å². The molecule has 1 aliphatic heterocycles. The average molecular weight is 527 g/mol. The number of carbonyl (C=O) groups excluding carboxylic acids is 1. The maximum Gasteiger partial charge on any atom is 0.233 e. The van der Waals surface area contributed by atoms with E-state index in [4.69, 9.17) is 14.5 Å². The monoisotopic (exact) mass is 525 g/mol. The Hall–Kier alpha value is -1.87. The predicted molar refractivity (Wildman–Crippen MR) is 131 cm³/mol. The number of anilines is 1. The molecule has 3 aromatic rings. The van der Waals surface area contributed by atoms with Crippen LogP contribution in [0.3, 0.4) is 0 Å². The number of amides is 1. The standard InChI is InChI=1S/C22H24BrN3O3S.ClH/c1-3-25(4-2)9-10-26(22-24-17-7-6-16(23)13-20(17)30-22)21(27)12-15-5-8-18-19(11-15)29-14-28-18;/h5-8,11,13H,3-4,9-10,12,14H2,1-2H3;1H. The Bertz CT molecular complexity index is 1060. The van der Waals surface area contributed by atoms with E-state index in [9.17, 15) is 4.79 Å². The van der Waals surface area contributed by atoms with Crippen molar-refractivity contribution in [3.05, 3.63) is 46.4 Å². The summed E-state index contributed by atoms with van der Waals surface area (Å²) in [5.74, 6) is 1.44. The number of benzene rings is 2. The second-order valence-corrected chi connectivity index (χ2v) is 8.97. The van der Waals surface area contributed by atoms with Gasteiger partial charge in [-0.1, -0.05) is 47.2 Å². The molecular formula is C22H25BrClN3O3S. The maximum absolute atomic E-state index is 13.3. The number of ether oxygens (including phenoxy) is 2. The number of nitrogens with zero attached hydrogens (tertiary/aromatic N) is 3. The quantitative estimate of drug-likeness (QED) is 0.407. The van der Waals surface area contributed by atoms with Crippen molar-refractivity contribution in [3.8, 4) is 11.5 Å². The predicted octanol–water partition coefficient (Wildman–Crippen LogP) is 5.13. The highest BCUT2D eigenvalue weighted by molar-refractivity contribution is 9.10. The smallest absolute Gasteiger partial charge is 0.233 e. The second kappa shape index (κ2) is 10.6. The maximum atomic E-state index is 13.3. The molecule has 31 heavy (non-hydrogen) atoms. The molecule has 1 aromatic heterocycles. The molecule has 0 unspecified atom stereocenters. The minimum Gasteiger partial charge on any atom is -0.454 e. The molecule has 2 aromatic carbocycles. The summed E-state index contributed by atoms with van der Waals surface area (Å²) in [4.78, 5) is 22.2. The van der Waals surface area contributed by atoms with Crippen molar-refractivity contribution in [3.63, 3.8) is 0 Å². The number of thiazole rings is 1. The first-order chi connectivity index (χ1) is 14.6. The summed E-state index contributed by atoms with van der Waals surface area (Å²) in [5, 5.41) is 0.737. The SMILES string of the molecule is CCN(CC)CCN(C(=O)Cc1ccc2c(c1)OCO2)c1nc2ccc(Br)cc2s1.Cl. The van der Waals surface area contributed by atoms with E-state index < -0.39 is 0 Å².